The molecular weight excluding hydrogens is 190 g/mol. The zero-order valence-corrected chi connectivity index (χ0v) is 8.95. The van der Waals surface area contributed by atoms with Crippen molar-refractivity contribution in [1.29, 1.82) is 5.26 Å². The molecule has 4 nitrogen and oxygen atoms in total. The van der Waals surface area contributed by atoms with Crippen molar-refractivity contribution in [3.05, 3.63) is 29.5 Å². The monoisotopic (exact) mass is 203 g/mol. The van der Waals surface area contributed by atoms with E-state index < -0.39 is 0 Å². The molecule has 0 fully saturated rings. The Bertz CT molecular complexity index is 407. The van der Waals surface area contributed by atoms with E-state index in [0.717, 1.165) is 17.7 Å². The Hall–Kier alpha value is -1.89. The third-order valence-corrected chi connectivity index (χ3v) is 2.09. The molecule has 0 bridgehead atoms. The van der Waals surface area contributed by atoms with Gasteiger partial charge in [0.15, 0.2) is 0 Å². The molecule has 15 heavy (non-hydrogen) atoms. The van der Waals surface area contributed by atoms with Crippen LogP contribution in [0.5, 0.6) is 5.88 Å². The van der Waals surface area contributed by atoms with E-state index >= 15 is 0 Å². The van der Waals surface area contributed by atoms with Crippen molar-refractivity contribution in [2.24, 2.45) is 0 Å². The first kappa shape index (κ1) is 11.2. The van der Waals surface area contributed by atoms with Crippen LogP contribution in [-0.4, -0.2) is 16.8 Å². The highest BCUT2D eigenvalue weighted by molar-refractivity contribution is 5.44. The van der Waals surface area contributed by atoms with Crippen LogP contribution >= 0.6 is 0 Å². The van der Waals surface area contributed by atoms with Gasteiger partial charge in [0.1, 0.15) is 11.6 Å². The van der Waals surface area contributed by atoms with Gasteiger partial charge < -0.3 is 4.74 Å². The molecule has 0 amide bonds. The average Bonchev–Trinajstić information content (AvgIpc) is 2.24. The molecule has 1 rings (SSSR count). The second-order valence-corrected chi connectivity index (χ2v) is 3.13. The molecular formula is C11H13N3O. The number of hydrogen-bond acceptors (Lipinski definition) is 4. The average molecular weight is 203 g/mol. The van der Waals surface area contributed by atoms with Crippen LogP contribution in [0.25, 0.3) is 0 Å². The molecule has 78 valence electrons. The van der Waals surface area contributed by atoms with Crippen LogP contribution in [0.1, 0.15) is 23.2 Å². The lowest BCUT2D eigenvalue weighted by atomic mass is 10.1. The second kappa shape index (κ2) is 5.11. The van der Waals surface area contributed by atoms with Crippen LogP contribution < -0.4 is 4.74 Å². The summed E-state index contributed by atoms with van der Waals surface area (Å²) in [5.74, 6) is 0.308. The highest BCUT2D eigenvalue weighted by atomic mass is 16.5. The van der Waals surface area contributed by atoms with Crippen LogP contribution in [0.4, 0.5) is 0 Å². The summed E-state index contributed by atoms with van der Waals surface area (Å²) in [5, 5.41) is 16.7. The minimum absolute atomic E-state index is 0.308. The maximum Gasteiger partial charge on any atom is 0.251 e. The molecule has 0 saturated heterocycles. The van der Waals surface area contributed by atoms with Crippen molar-refractivity contribution >= 4 is 0 Å². The lowest BCUT2D eigenvalue weighted by Crippen LogP contribution is -2.04. The van der Waals surface area contributed by atoms with E-state index in [2.05, 4.69) is 22.8 Å². The lowest BCUT2D eigenvalue weighted by molar-refractivity contribution is 0.307. The van der Waals surface area contributed by atoms with Crippen molar-refractivity contribution in [3.63, 3.8) is 0 Å². The second-order valence-electron chi connectivity index (χ2n) is 3.13. The Kier molecular flexibility index (Phi) is 3.81. The number of aryl methyl sites for hydroxylation is 1. The van der Waals surface area contributed by atoms with Gasteiger partial charge in [-0.1, -0.05) is 6.08 Å². The van der Waals surface area contributed by atoms with Gasteiger partial charge in [-0.25, -0.2) is 0 Å². The van der Waals surface area contributed by atoms with Gasteiger partial charge in [0, 0.05) is 0 Å². The Labute approximate surface area is 89.2 Å². The first-order valence-electron chi connectivity index (χ1n) is 4.68. The molecule has 1 aromatic heterocycles. The molecule has 0 aromatic carbocycles. The van der Waals surface area contributed by atoms with Crippen molar-refractivity contribution < 1.29 is 4.74 Å². The highest BCUT2D eigenvalue weighted by Gasteiger charge is 2.11. The van der Waals surface area contributed by atoms with Gasteiger partial charge in [-0.05, 0) is 25.8 Å². The molecule has 0 radical (unpaired) electrons. The maximum atomic E-state index is 8.96. The van der Waals surface area contributed by atoms with Gasteiger partial charge in [-0.15, -0.1) is 11.7 Å². The third-order valence-electron chi connectivity index (χ3n) is 2.09. The summed E-state index contributed by atoms with van der Waals surface area (Å²) in [4.78, 5) is 0. The smallest absolute Gasteiger partial charge is 0.251 e. The summed E-state index contributed by atoms with van der Waals surface area (Å²) in [5.41, 5.74) is 2.04. The molecule has 0 aliphatic carbocycles. The van der Waals surface area contributed by atoms with E-state index in [9.17, 15) is 0 Å². The molecule has 0 N–H and O–H groups in total. The Morgan fingerprint density at radius 2 is 2.20 bits per heavy atom. The van der Waals surface area contributed by atoms with Crippen molar-refractivity contribution in [1.82, 2.24) is 10.2 Å². The molecule has 0 aliphatic rings. The first-order chi connectivity index (χ1) is 7.20. The van der Waals surface area contributed by atoms with Crippen LogP contribution in [0.3, 0.4) is 0 Å². The predicted molar refractivity (Wildman–Crippen MR) is 56.5 cm³/mol. The summed E-state index contributed by atoms with van der Waals surface area (Å²) in [6.45, 7) is 7.71. The van der Waals surface area contributed by atoms with E-state index in [-0.39, 0.29) is 0 Å². The van der Waals surface area contributed by atoms with E-state index in [0.29, 0.717) is 18.1 Å². The quantitative estimate of drug-likeness (QED) is 0.554. The van der Waals surface area contributed by atoms with Gasteiger partial charge in [-0.2, -0.15) is 10.4 Å². The summed E-state index contributed by atoms with van der Waals surface area (Å²) in [7, 11) is 0. The minimum atomic E-state index is 0.308. The molecule has 0 atom stereocenters. The van der Waals surface area contributed by atoms with Gasteiger partial charge in [0.05, 0.1) is 12.3 Å². The Morgan fingerprint density at radius 3 is 2.80 bits per heavy atom. The van der Waals surface area contributed by atoms with E-state index in [1.807, 2.05) is 13.8 Å². The van der Waals surface area contributed by atoms with Crippen molar-refractivity contribution in [3.8, 4) is 11.9 Å². The number of aromatic nitrogens is 2. The molecule has 0 aliphatic heterocycles. The number of nitriles is 1. The molecule has 1 heterocycles. The van der Waals surface area contributed by atoms with Crippen LogP contribution in [0.2, 0.25) is 0 Å². The van der Waals surface area contributed by atoms with E-state index in [1.165, 1.54) is 0 Å². The summed E-state index contributed by atoms with van der Waals surface area (Å²) >= 11 is 0. The normalized spacial score (nSPS) is 9.40. The molecule has 4 heteroatoms. The fourth-order valence-corrected chi connectivity index (χ4v) is 1.06. The van der Waals surface area contributed by atoms with Gasteiger partial charge >= 0.3 is 0 Å². The Morgan fingerprint density at radius 1 is 1.47 bits per heavy atom. The summed E-state index contributed by atoms with van der Waals surface area (Å²) < 4.78 is 5.34. The zero-order chi connectivity index (χ0) is 11.3. The molecule has 1 aromatic rings. The van der Waals surface area contributed by atoms with Crippen molar-refractivity contribution in [2.45, 2.75) is 20.3 Å². The largest absolute Gasteiger partial charge is 0.475 e. The third kappa shape index (κ3) is 2.53. The standard InChI is InChI=1S/C11H13N3O/c1-4-5-6-15-11-10(7-12)8(2)9(3)13-14-11/h4H,1,5-6H2,2-3H3. The van der Waals surface area contributed by atoms with E-state index in [1.54, 1.807) is 6.08 Å². The summed E-state index contributed by atoms with van der Waals surface area (Å²) in [6.07, 6.45) is 2.47. The predicted octanol–water partition coefficient (Wildman–Crippen LogP) is 1.92. The van der Waals surface area contributed by atoms with Gasteiger partial charge in [0.2, 0.25) is 0 Å². The van der Waals surface area contributed by atoms with Crippen LogP contribution in [0.15, 0.2) is 12.7 Å². The number of nitrogens with zero attached hydrogens (tertiary/aromatic N) is 3. The summed E-state index contributed by atoms with van der Waals surface area (Å²) in [6, 6.07) is 2.08. The topological polar surface area (TPSA) is 58.8 Å². The number of rotatable bonds is 4. The SMILES string of the molecule is C=CCCOc1nnc(C)c(C)c1C#N. The number of ether oxygens (including phenoxy) is 1. The molecule has 0 unspecified atom stereocenters. The zero-order valence-electron chi connectivity index (χ0n) is 8.95. The number of hydrogen-bond donors (Lipinski definition) is 0. The molecule has 0 spiro atoms. The Balaban J connectivity index is 2.93. The lowest BCUT2D eigenvalue weighted by Gasteiger charge is -2.07. The van der Waals surface area contributed by atoms with Crippen molar-refractivity contribution in [2.75, 3.05) is 6.61 Å². The fraction of sp³-hybridized carbons (Fsp3) is 0.364. The van der Waals surface area contributed by atoms with Crippen LogP contribution in [0, 0.1) is 25.2 Å². The van der Waals surface area contributed by atoms with Gasteiger partial charge in [-0.3, -0.25) is 0 Å². The van der Waals surface area contributed by atoms with Gasteiger partial charge in [0.25, 0.3) is 5.88 Å². The first-order valence-corrected chi connectivity index (χ1v) is 4.68. The van der Waals surface area contributed by atoms with E-state index in [4.69, 9.17) is 10.00 Å². The maximum absolute atomic E-state index is 8.96. The highest BCUT2D eigenvalue weighted by Crippen LogP contribution is 2.19. The minimum Gasteiger partial charge on any atom is -0.475 e. The van der Waals surface area contributed by atoms with Crippen LogP contribution in [-0.2, 0) is 0 Å². The molecule has 0 saturated carbocycles. The fourth-order valence-electron chi connectivity index (χ4n) is 1.06.